The summed E-state index contributed by atoms with van der Waals surface area (Å²) in [6.07, 6.45) is 0. The van der Waals surface area contributed by atoms with Gasteiger partial charge >= 0.3 is 0 Å². The number of amides is 4. The van der Waals surface area contributed by atoms with Gasteiger partial charge in [0, 0.05) is 0 Å². The van der Waals surface area contributed by atoms with Crippen LogP contribution in [0.2, 0.25) is 5.02 Å². The molecule has 3 aromatic rings. The van der Waals surface area contributed by atoms with Gasteiger partial charge in [0.15, 0.2) is 0 Å². The Bertz CT molecular complexity index is 1480. The molecule has 4 amide bonds. The van der Waals surface area contributed by atoms with Crippen LogP contribution in [0.25, 0.3) is 0 Å². The minimum atomic E-state index is -1.35. The Morgan fingerprint density at radius 2 is 1.18 bits per heavy atom. The predicted molar refractivity (Wildman–Crippen MR) is 151 cm³/mol. The van der Waals surface area contributed by atoms with Crippen molar-refractivity contribution in [1.29, 1.82) is 0 Å². The highest BCUT2D eigenvalue weighted by Crippen LogP contribution is 2.69. The van der Waals surface area contributed by atoms with Gasteiger partial charge in [0.25, 0.3) is 11.8 Å². The molecule has 204 valence electrons. The first-order valence-electron chi connectivity index (χ1n) is 12.8. The number of nitrogens with zero attached hydrogens (tertiary/aromatic N) is 1. The molecule has 1 saturated heterocycles. The van der Waals surface area contributed by atoms with Crippen molar-refractivity contribution in [1.82, 2.24) is 15.8 Å². The standard InChI is InChI=1S/C30H24Cl3N3O4/c1-15(2)24(26(38)35-34-25(37)16-9-3-8-14-21(16)31)36-27(39)22-23(28(36)40)30(33)18-11-5-4-10-17(18)29(22,32)19-12-6-7-13-20(19)30/h3-15,22-24H,1-2H3,(H,34,37)(H,35,38)/t22-,23-,24-,29?,30?/m0/s1. The lowest BCUT2D eigenvalue weighted by molar-refractivity contribution is -0.150. The Morgan fingerprint density at radius 3 is 1.60 bits per heavy atom. The van der Waals surface area contributed by atoms with E-state index in [0.717, 1.165) is 4.90 Å². The van der Waals surface area contributed by atoms with Gasteiger partial charge in [-0.3, -0.25) is 34.9 Å². The van der Waals surface area contributed by atoms with Crippen molar-refractivity contribution in [3.8, 4) is 0 Å². The smallest absolute Gasteiger partial charge is 0.271 e. The van der Waals surface area contributed by atoms with Gasteiger partial charge in [0.05, 0.1) is 22.4 Å². The zero-order chi connectivity index (χ0) is 28.6. The van der Waals surface area contributed by atoms with Gasteiger partial charge in [-0.2, -0.15) is 0 Å². The van der Waals surface area contributed by atoms with E-state index in [9.17, 15) is 19.2 Å². The number of nitrogens with one attached hydrogen (secondary N) is 2. The summed E-state index contributed by atoms with van der Waals surface area (Å²) in [5.41, 5.74) is 7.56. The van der Waals surface area contributed by atoms with Crippen LogP contribution in [0, 0.1) is 17.8 Å². The number of carbonyl (C=O) groups is 4. The van der Waals surface area contributed by atoms with Gasteiger partial charge in [-0.25, -0.2) is 0 Å². The third-order valence-corrected chi connectivity index (χ3v) is 9.83. The first-order chi connectivity index (χ1) is 19.0. The first kappa shape index (κ1) is 26.8. The van der Waals surface area contributed by atoms with E-state index in [1.165, 1.54) is 6.07 Å². The van der Waals surface area contributed by atoms with Crippen molar-refractivity contribution < 1.29 is 19.2 Å². The molecule has 1 aliphatic heterocycles. The van der Waals surface area contributed by atoms with Crippen LogP contribution >= 0.6 is 34.8 Å². The molecule has 2 N–H and O–H groups in total. The zero-order valence-corrected chi connectivity index (χ0v) is 23.7. The lowest BCUT2D eigenvalue weighted by atomic mass is 9.54. The molecule has 3 atom stereocenters. The van der Waals surface area contributed by atoms with Crippen LogP contribution in [0.3, 0.4) is 0 Å². The van der Waals surface area contributed by atoms with E-state index in [4.69, 9.17) is 34.8 Å². The Labute approximate surface area is 245 Å². The fourth-order valence-corrected chi connectivity index (χ4v) is 7.91. The second-order valence-corrected chi connectivity index (χ2v) is 12.2. The molecule has 0 aromatic heterocycles. The molecular weight excluding hydrogens is 573 g/mol. The van der Waals surface area contributed by atoms with Gasteiger partial charge in [-0.1, -0.05) is 86.1 Å². The van der Waals surface area contributed by atoms with Crippen LogP contribution in [0.15, 0.2) is 72.8 Å². The third-order valence-electron chi connectivity index (χ3n) is 8.22. The molecule has 3 aromatic carbocycles. The average Bonchev–Trinajstić information content (AvgIpc) is 3.21. The van der Waals surface area contributed by atoms with Gasteiger partial charge in [-0.05, 0) is 40.3 Å². The number of likely N-dealkylation sites (tertiary alicyclic amines) is 1. The minimum Gasteiger partial charge on any atom is -0.274 e. The maximum Gasteiger partial charge on any atom is 0.271 e. The van der Waals surface area contributed by atoms with Crippen LogP contribution in [0.4, 0.5) is 0 Å². The van der Waals surface area contributed by atoms with E-state index in [2.05, 4.69) is 10.9 Å². The fraction of sp³-hybridized carbons (Fsp3) is 0.267. The summed E-state index contributed by atoms with van der Waals surface area (Å²) in [7, 11) is 0. The SMILES string of the molecule is CC(C)[C@@H](C(=O)NNC(=O)c1ccccc1Cl)N1C(=O)[C@@H]2[C@@H](C1=O)C1(Cl)c3ccccc3C2(Cl)c2ccccc21. The first-order valence-corrected chi connectivity index (χ1v) is 14.0. The number of hydrazine groups is 1. The Morgan fingerprint density at radius 1 is 0.750 bits per heavy atom. The van der Waals surface area contributed by atoms with Crippen molar-refractivity contribution in [2.45, 2.75) is 29.6 Å². The highest BCUT2D eigenvalue weighted by molar-refractivity contribution is 6.36. The molecule has 2 bridgehead atoms. The van der Waals surface area contributed by atoms with Crippen LogP contribution < -0.4 is 10.9 Å². The molecule has 0 radical (unpaired) electrons. The van der Waals surface area contributed by atoms with Crippen molar-refractivity contribution >= 4 is 58.4 Å². The number of alkyl halides is 2. The summed E-state index contributed by atoms with van der Waals surface area (Å²) in [6, 6.07) is 19.8. The molecule has 1 heterocycles. The van der Waals surface area contributed by atoms with Crippen molar-refractivity contribution in [2.24, 2.45) is 17.8 Å². The van der Waals surface area contributed by atoms with E-state index in [0.29, 0.717) is 22.3 Å². The summed E-state index contributed by atoms with van der Waals surface area (Å²) in [5.74, 6) is -5.09. The minimum absolute atomic E-state index is 0.158. The van der Waals surface area contributed by atoms with Gasteiger partial charge in [0.1, 0.15) is 15.8 Å². The number of hydrogen-bond donors (Lipinski definition) is 2. The molecule has 0 saturated carbocycles. The second kappa shape index (κ2) is 9.33. The maximum absolute atomic E-state index is 14.2. The van der Waals surface area contributed by atoms with E-state index in [1.807, 2.05) is 48.5 Å². The van der Waals surface area contributed by atoms with Crippen LogP contribution in [0.5, 0.6) is 0 Å². The topological polar surface area (TPSA) is 95.6 Å². The Hall–Kier alpha value is -3.39. The van der Waals surface area contributed by atoms with Crippen LogP contribution in [-0.4, -0.2) is 34.6 Å². The summed E-state index contributed by atoms with van der Waals surface area (Å²) in [4.78, 5) is 52.9. The molecule has 40 heavy (non-hydrogen) atoms. The molecule has 7 rings (SSSR count). The number of benzene rings is 3. The number of imide groups is 1. The molecule has 0 unspecified atom stereocenters. The fourth-order valence-electron chi connectivity index (χ4n) is 6.59. The van der Waals surface area contributed by atoms with E-state index >= 15 is 0 Å². The normalized spacial score (nSPS) is 26.7. The Kier molecular flexibility index (Phi) is 6.26. The number of carbonyl (C=O) groups excluding carboxylic acids is 4. The van der Waals surface area contributed by atoms with E-state index in [-0.39, 0.29) is 10.6 Å². The second-order valence-electron chi connectivity index (χ2n) is 10.6. The zero-order valence-electron chi connectivity index (χ0n) is 21.5. The third kappa shape index (κ3) is 3.44. The number of halogens is 3. The van der Waals surface area contributed by atoms with Gasteiger partial charge in [0.2, 0.25) is 11.8 Å². The highest BCUT2D eigenvalue weighted by Gasteiger charge is 2.73. The highest BCUT2D eigenvalue weighted by atomic mass is 35.5. The lowest BCUT2D eigenvalue weighted by Crippen LogP contribution is -2.57. The molecule has 0 spiro atoms. The summed E-state index contributed by atoms with van der Waals surface area (Å²) < 4.78 is 0. The van der Waals surface area contributed by atoms with E-state index in [1.54, 1.807) is 32.0 Å². The number of rotatable bonds is 4. The van der Waals surface area contributed by atoms with Crippen LogP contribution in [0.1, 0.15) is 46.5 Å². The van der Waals surface area contributed by atoms with Crippen molar-refractivity contribution in [3.63, 3.8) is 0 Å². The molecule has 10 heteroatoms. The van der Waals surface area contributed by atoms with Gasteiger partial charge < -0.3 is 0 Å². The predicted octanol–water partition coefficient (Wildman–Crippen LogP) is 4.72. The largest absolute Gasteiger partial charge is 0.274 e. The molecule has 4 aliphatic rings. The number of hydrogen-bond acceptors (Lipinski definition) is 4. The van der Waals surface area contributed by atoms with Gasteiger partial charge in [-0.15, -0.1) is 23.2 Å². The van der Waals surface area contributed by atoms with Crippen LogP contribution in [-0.2, 0) is 24.1 Å². The summed E-state index contributed by atoms with van der Waals surface area (Å²) in [5, 5.41) is 0.207. The summed E-state index contributed by atoms with van der Waals surface area (Å²) in [6.45, 7) is 3.43. The van der Waals surface area contributed by atoms with Crippen molar-refractivity contribution in [3.05, 3.63) is 106 Å². The monoisotopic (exact) mass is 595 g/mol. The van der Waals surface area contributed by atoms with E-state index < -0.39 is 57.2 Å². The Balaban J connectivity index is 1.38. The lowest BCUT2D eigenvalue weighted by Gasteiger charge is -2.54. The average molecular weight is 597 g/mol. The van der Waals surface area contributed by atoms with Crippen molar-refractivity contribution in [2.75, 3.05) is 0 Å². The summed E-state index contributed by atoms with van der Waals surface area (Å²) >= 11 is 21.0. The quantitative estimate of drug-likeness (QED) is 0.259. The molecule has 3 aliphatic carbocycles. The molecule has 1 fully saturated rings. The molecular formula is C30H24Cl3N3O4. The maximum atomic E-state index is 14.2. The molecule has 7 nitrogen and oxygen atoms in total.